The molecular weight excluding hydrogens is 148 g/mol. The van der Waals surface area contributed by atoms with Crippen LogP contribution in [0.4, 0.5) is 0 Å². The van der Waals surface area contributed by atoms with Gasteiger partial charge in [0.05, 0.1) is 6.10 Å². The second-order valence-corrected chi connectivity index (χ2v) is 2.69. The lowest BCUT2D eigenvalue weighted by Crippen LogP contribution is -2.02. The summed E-state index contributed by atoms with van der Waals surface area (Å²) in [6.45, 7) is 5.55. The Morgan fingerprint density at radius 2 is 2.08 bits per heavy atom. The van der Waals surface area contributed by atoms with Crippen LogP contribution < -0.4 is 0 Å². The molecule has 0 bridgehead atoms. The average Bonchev–Trinajstić information content (AvgIpc) is 2.10. The van der Waals surface area contributed by atoms with Gasteiger partial charge in [-0.25, -0.2) is 0 Å². The van der Waals surface area contributed by atoms with E-state index in [9.17, 15) is 5.11 Å². The summed E-state index contributed by atoms with van der Waals surface area (Å²) in [7, 11) is 0. The van der Waals surface area contributed by atoms with Crippen molar-refractivity contribution < 1.29 is 5.11 Å². The van der Waals surface area contributed by atoms with Crippen molar-refractivity contribution in [1.82, 2.24) is 0 Å². The number of hydrogen-bond acceptors (Lipinski definition) is 1. The molecule has 0 aliphatic heterocycles. The molecule has 1 atom stereocenters. The molecule has 0 saturated carbocycles. The maximum absolute atomic E-state index is 9.19. The van der Waals surface area contributed by atoms with Crippen LogP contribution in [0.1, 0.15) is 26.2 Å². The third-order valence-corrected chi connectivity index (χ3v) is 1.63. The third kappa shape index (κ3) is 7.29. The average molecular weight is 166 g/mol. The molecule has 68 valence electrons. The summed E-state index contributed by atoms with van der Waals surface area (Å²) in [5.74, 6) is 0. The number of allylic oxidation sites excluding steroid dienone is 5. The first kappa shape index (κ1) is 11.2. The zero-order chi connectivity index (χ0) is 9.23. The summed E-state index contributed by atoms with van der Waals surface area (Å²) >= 11 is 0. The first-order valence-electron chi connectivity index (χ1n) is 4.43. The normalized spacial score (nSPS) is 14.2. The van der Waals surface area contributed by atoms with Gasteiger partial charge < -0.3 is 5.11 Å². The largest absolute Gasteiger partial charge is 0.393 e. The minimum absolute atomic E-state index is 0.141. The van der Waals surface area contributed by atoms with Gasteiger partial charge in [-0.15, -0.1) is 0 Å². The molecule has 0 heterocycles. The van der Waals surface area contributed by atoms with E-state index in [4.69, 9.17) is 0 Å². The summed E-state index contributed by atoms with van der Waals surface area (Å²) in [4.78, 5) is 0. The maximum atomic E-state index is 9.19. The number of hydrogen-bond donors (Lipinski definition) is 1. The molecule has 1 heteroatoms. The molecule has 0 aromatic rings. The maximum Gasteiger partial charge on any atom is 0.0540 e. The summed E-state index contributed by atoms with van der Waals surface area (Å²) < 4.78 is 0. The van der Waals surface area contributed by atoms with Gasteiger partial charge in [0.2, 0.25) is 0 Å². The predicted molar refractivity (Wildman–Crippen MR) is 54.0 cm³/mol. The zero-order valence-corrected chi connectivity index (χ0v) is 7.74. The first-order chi connectivity index (χ1) is 5.81. The van der Waals surface area contributed by atoms with Gasteiger partial charge in [-0.1, -0.05) is 43.9 Å². The van der Waals surface area contributed by atoms with Crippen molar-refractivity contribution in [2.75, 3.05) is 0 Å². The highest BCUT2D eigenvalue weighted by Crippen LogP contribution is 2.01. The molecule has 0 rings (SSSR count). The molecular formula is C11H18O. The minimum Gasteiger partial charge on any atom is -0.393 e. The SMILES string of the molecule is C=CC=CC=CCCC(O)CC. The van der Waals surface area contributed by atoms with E-state index in [1.807, 2.05) is 25.2 Å². The van der Waals surface area contributed by atoms with Crippen molar-refractivity contribution in [3.8, 4) is 0 Å². The minimum atomic E-state index is -0.141. The van der Waals surface area contributed by atoms with Crippen LogP contribution in [-0.4, -0.2) is 11.2 Å². The van der Waals surface area contributed by atoms with Gasteiger partial charge in [-0.3, -0.25) is 0 Å². The van der Waals surface area contributed by atoms with Gasteiger partial charge in [0, 0.05) is 0 Å². The second kappa shape index (κ2) is 8.28. The topological polar surface area (TPSA) is 20.2 Å². The van der Waals surface area contributed by atoms with Crippen molar-refractivity contribution in [2.24, 2.45) is 0 Å². The molecule has 1 nitrogen and oxygen atoms in total. The summed E-state index contributed by atoms with van der Waals surface area (Å²) in [6, 6.07) is 0. The van der Waals surface area contributed by atoms with Crippen LogP contribution in [0.15, 0.2) is 37.0 Å². The van der Waals surface area contributed by atoms with Crippen LogP contribution in [0.3, 0.4) is 0 Å². The van der Waals surface area contributed by atoms with Crippen molar-refractivity contribution in [2.45, 2.75) is 32.3 Å². The first-order valence-corrected chi connectivity index (χ1v) is 4.43. The highest BCUT2D eigenvalue weighted by atomic mass is 16.3. The van der Waals surface area contributed by atoms with E-state index in [0.29, 0.717) is 0 Å². The number of aliphatic hydroxyl groups is 1. The van der Waals surface area contributed by atoms with Gasteiger partial charge in [0.1, 0.15) is 0 Å². The smallest absolute Gasteiger partial charge is 0.0540 e. The van der Waals surface area contributed by atoms with Crippen molar-refractivity contribution in [1.29, 1.82) is 0 Å². The van der Waals surface area contributed by atoms with Crippen molar-refractivity contribution in [3.63, 3.8) is 0 Å². The van der Waals surface area contributed by atoms with E-state index in [0.717, 1.165) is 19.3 Å². The predicted octanol–water partition coefficient (Wildman–Crippen LogP) is 2.84. The summed E-state index contributed by atoms with van der Waals surface area (Å²) in [5.41, 5.74) is 0. The third-order valence-electron chi connectivity index (χ3n) is 1.63. The molecule has 0 radical (unpaired) electrons. The van der Waals surface area contributed by atoms with E-state index < -0.39 is 0 Å². The summed E-state index contributed by atoms with van der Waals surface area (Å²) in [5, 5.41) is 9.19. The molecule has 0 spiro atoms. The molecule has 12 heavy (non-hydrogen) atoms. The van der Waals surface area contributed by atoms with Gasteiger partial charge in [-0.05, 0) is 19.3 Å². The van der Waals surface area contributed by atoms with Crippen LogP contribution in [0, 0.1) is 0 Å². The Hall–Kier alpha value is -0.820. The standard InChI is InChI=1S/C11H18O/c1-3-5-6-7-8-9-10-11(12)4-2/h3,5-8,11-12H,1,4,9-10H2,2H3. The van der Waals surface area contributed by atoms with Gasteiger partial charge in [-0.2, -0.15) is 0 Å². The lowest BCUT2D eigenvalue weighted by molar-refractivity contribution is 0.161. The highest BCUT2D eigenvalue weighted by Gasteiger charge is 1.96. The number of rotatable bonds is 6. The lowest BCUT2D eigenvalue weighted by atomic mass is 10.1. The molecule has 1 N–H and O–H groups in total. The molecule has 0 aliphatic rings. The molecule has 0 saturated heterocycles. The fourth-order valence-corrected chi connectivity index (χ4v) is 0.810. The Bertz CT molecular complexity index is 156. The molecule has 0 aliphatic carbocycles. The van der Waals surface area contributed by atoms with Crippen molar-refractivity contribution >= 4 is 0 Å². The molecule has 0 amide bonds. The van der Waals surface area contributed by atoms with E-state index in [2.05, 4.69) is 12.7 Å². The van der Waals surface area contributed by atoms with E-state index >= 15 is 0 Å². The van der Waals surface area contributed by atoms with Crippen LogP contribution in [-0.2, 0) is 0 Å². The van der Waals surface area contributed by atoms with E-state index in [1.165, 1.54) is 0 Å². The Labute approximate surface area is 75.1 Å². The van der Waals surface area contributed by atoms with Gasteiger partial charge in [0.25, 0.3) is 0 Å². The monoisotopic (exact) mass is 166 g/mol. The Morgan fingerprint density at radius 3 is 2.67 bits per heavy atom. The van der Waals surface area contributed by atoms with Gasteiger partial charge >= 0.3 is 0 Å². The van der Waals surface area contributed by atoms with Gasteiger partial charge in [0.15, 0.2) is 0 Å². The lowest BCUT2D eigenvalue weighted by Gasteiger charge is -2.02. The molecule has 0 aromatic carbocycles. The second-order valence-electron chi connectivity index (χ2n) is 2.69. The van der Waals surface area contributed by atoms with Crippen LogP contribution >= 0.6 is 0 Å². The van der Waals surface area contributed by atoms with E-state index in [-0.39, 0.29) is 6.10 Å². The van der Waals surface area contributed by atoms with Crippen LogP contribution in [0.2, 0.25) is 0 Å². The zero-order valence-electron chi connectivity index (χ0n) is 7.74. The van der Waals surface area contributed by atoms with Crippen LogP contribution in [0.25, 0.3) is 0 Å². The highest BCUT2D eigenvalue weighted by molar-refractivity contribution is 5.08. The Balaban J connectivity index is 3.35. The Kier molecular flexibility index (Phi) is 7.71. The van der Waals surface area contributed by atoms with Crippen LogP contribution in [0.5, 0.6) is 0 Å². The molecule has 1 unspecified atom stereocenters. The summed E-state index contributed by atoms with van der Waals surface area (Å²) in [6.07, 6.45) is 12.1. The fraction of sp³-hybridized carbons (Fsp3) is 0.455. The Morgan fingerprint density at radius 1 is 1.33 bits per heavy atom. The number of aliphatic hydroxyl groups excluding tert-OH is 1. The molecule has 0 aromatic heterocycles. The quantitative estimate of drug-likeness (QED) is 0.601. The van der Waals surface area contributed by atoms with Crippen molar-refractivity contribution in [3.05, 3.63) is 37.0 Å². The fourth-order valence-electron chi connectivity index (χ4n) is 0.810. The molecule has 0 fully saturated rings. The van der Waals surface area contributed by atoms with E-state index in [1.54, 1.807) is 6.08 Å².